The van der Waals surface area contributed by atoms with Gasteiger partial charge in [0.1, 0.15) is 12.3 Å². The number of piperazine rings is 1. The van der Waals surface area contributed by atoms with Crippen LogP contribution in [0.2, 0.25) is 0 Å². The van der Waals surface area contributed by atoms with Crippen molar-refractivity contribution in [1.29, 1.82) is 0 Å². The second-order valence-electron chi connectivity index (χ2n) is 7.90. The van der Waals surface area contributed by atoms with Crippen molar-refractivity contribution in [2.75, 3.05) is 20.2 Å². The van der Waals surface area contributed by atoms with E-state index in [-0.39, 0.29) is 18.4 Å². The van der Waals surface area contributed by atoms with Crippen LogP contribution >= 0.6 is 0 Å². The molecule has 148 valence electrons. The third-order valence-corrected chi connectivity index (χ3v) is 6.26. The summed E-state index contributed by atoms with van der Waals surface area (Å²) in [6, 6.07) is 15.7. The van der Waals surface area contributed by atoms with Crippen molar-refractivity contribution in [2.45, 2.75) is 25.4 Å². The number of hydrogen-bond donors (Lipinski definition) is 1. The van der Waals surface area contributed by atoms with Crippen molar-refractivity contribution in [2.24, 2.45) is 0 Å². The van der Waals surface area contributed by atoms with E-state index in [4.69, 9.17) is 4.74 Å². The zero-order chi connectivity index (χ0) is 20.2. The topological polar surface area (TPSA) is 65.6 Å². The van der Waals surface area contributed by atoms with Gasteiger partial charge in [-0.2, -0.15) is 0 Å². The van der Waals surface area contributed by atoms with E-state index in [9.17, 15) is 9.59 Å². The molecule has 29 heavy (non-hydrogen) atoms. The van der Waals surface area contributed by atoms with Gasteiger partial charge < -0.3 is 19.5 Å². The lowest BCUT2D eigenvalue weighted by Gasteiger charge is -2.49. The molecule has 2 aromatic carbocycles. The molecule has 2 aliphatic heterocycles. The molecule has 2 aliphatic rings. The van der Waals surface area contributed by atoms with Gasteiger partial charge in [0.15, 0.2) is 5.54 Å². The van der Waals surface area contributed by atoms with Crippen LogP contribution in [0.4, 0.5) is 0 Å². The number of fused-ring (bicyclic) bond motifs is 5. The number of benzene rings is 2. The molecule has 1 aromatic heterocycles. The number of carbonyl (C=O) groups excluding carboxylic acids is 2. The molecule has 0 bridgehead atoms. The Morgan fingerprint density at radius 2 is 1.97 bits per heavy atom. The number of ether oxygens (including phenoxy) is 1. The fraction of sp³-hybridized carbons (Fsp3) is 0.304. The molecule has 1 fully saturated rings. The quantitative estimate of drug-likeness (QED) is 0.749. The molecule has 1 N–H and O–H groups in total. The van der Waals surface area contributed by atoms with Gasteiger partial charge >= 0.3 is 0 Å². The minimum absolute atomic E-state index is 0.0145. The fourth-order valence-corrected chi connectivity index (χ4v) is 4.80. The third-order valence-electron chi connectivity index (χ3n) is 6.26. The maximum atomic E-state index is 13.7. The van der Waals surface area contributed by atoms with Crippen LogP contribution in [-0.2, 0) is 28.1 Å². The Kier molecular flexibility index (Phi) is 3.91. The predicted octanol–water partition coefficient (Wildman–Crippen LogP) is 2.82. The van der Waals surface area contributed by atoms with E-state index in [0.29, 0.717) is 13.1 Å². The number of amides is 2. The summed E-state index contributed by atoms with van der Waals surface area (Å²) in [5.41, 5.74) is 2.92. The summed E-state index contributed by atoms with van der Waals surface area (Å²) in [6.45, 7) is 2.91. The van der Waals surface area contributed by atoms with Crippen molar-refractivity contribution in [3.8, 4) is 5.75 Å². The van der Waals surface area contributed by atoms with Gasteiger partial charge in [0, 0.05) is 24.0 Å². The standard InChI is InChI=1S/C23H23N3O3/c1-23-21-18(17-8-3-4-9-19(17)24-21)10-11-26(23)20(27)14-25(22(23)28)13-15-6-5-7-16(12-15)29-2/h3-9,12,24H,10-11,13-14H2,1-2H3/t23-/m0/s1. The Morgan fingerprint density at radius 1 is 1.14 bits per heavy atom. The molecule has 3 heterocycles. The Morgan fingerprint density at radius 3 is 2.79 bits per heavy atom. The van der Waals surface area contributed by atoms with Gasteiger partial charge in [0.2, 0.25) is 5.91 Å². The molecule has 0 unspecified atom stereocenters. The maximum absolute atomic E-state index is 13.7. The number of rotatable bonds is 3. The van der Waals surface area contributed by atoms with Crippen molar-refractivity contribution in [1.82, 2.24) is 14.8 Å². The molecule has 1 saturated heterocycles. The van der Waals surface area contributed by atoms with Gasteiger partial charge in [-0.05, 0) is 42.7 Å². The van der Waals surface area contributed by atoms with E-state index in [1.165, 1.54) is 0 Å². The normalized spacial score (nSPS) is 21.3. The zero-order valence-electron chi connectivity index (χ0n) is 16.6. The highest BCUT2D eigenvalue weighted by molar-refractivity contribution is 6.00. The summed E-state index contributed by atoms with van der Waals surface area (Å²) >= 11 is 0. The molecule has 0 radical (unpaired) electrons. The number of aromatic nitrogens is 1. The van der Waals surface area contributed by atoms with Crippen LogP contribution < -0.4 is 4.74 Å². The fourth-order valence-electron chi connectivity index (χ4n) is 4.80. The van der Waals surface area contributed by atoms with E-state index < -0.39 is 5.54 Å². The summed E-state index contributed by atoms with van der Waals surface area (Å²) in [4.78, 5) is 33.6. The van der Waals surface area contributed by atoms with Crippen LogP contribution in [0.1, 0.15) is 23.7 Å². The smallest absolute Gasteiger partial charge is 0.255 e. The van der Waals surface area contributed by atoms with Crippen molar-refractivity contribution in [3.05, 3.63) is 65.4 Å². The molecule has 3 aromatic rings. The van der Waals surface area contributed by atoms with Gasteiger partial charge in [-0.1, -0.05) is 30.3 Å². The molecule has 0 saturated carbocycles. The van der Waals surface area contributed by atoms with Gasteiger partial charge in [0.25, 0.3) is 5.91 Å². The number of para-hydroxylation sites is 1. The highest BCUT2D eigenvalue weighted by atomic mass is 16.5. The summed E-state index contributed by atoms with van der Waals surface area (Å²) in [7, 11) is 1.62. The number of hydrogen-bond acceptors (Lipinski definition) is 3. The molecule has 6 heteroatoms. The van der Waals surface area contributed by atoms with Crippen LogP contribution in [0.15, 0.2) is 48.5 Å². The number of carbonyl (C=O) groups is 2. The first-order valence-corrected chi connectivity index (χ1v) is 9.85. The molecular weight excluding hydrogens is 366 g/mol. The van der Waals surface area contributed by atoms with Crippen molar-refractivity contribution < 1.29 is 14.3 Å². The van der Waals surface area contributed by atoms with E-state index in [0.717, 1.165) is 39.9 Å². The first-order valence-electron chi connectivity index (χ1n) is 9.85. The highest BCUT2D eigenvalue weighted by Gasteiger charge is 2.54. The Labute approximate surface area is 169 Å². The average molecular weight is 389 g/mol. The third kappa shape index (κ3) is 2.55. The van der Waals surface area contributed by atoms with Crippen LogP contribution in [0, 0.1) is 0 Å². The minimum Gasteiger partial charge on any atom is -0.497 e. The summed E-state index contributed by atoms with van der Waals surface area (Å²) in [5.74, 6) is 0.674. The Bertz CT molecular complexity index is 1140. The molecule has 5 rings (SSSR count). The SMILES string of the molecule is COc1cccc(CN2CC(=O)N3CCc4c([nH]c5ccccc45)[C@@]3(C)C2=O)c1. The number of methoxy groups -OCH3 is 1. The van der Waals surface area contributed by atoms with Crippen LogP contribution in [-0.4, -0.2) is 46.8 Å². The molecule has 6 nitrogen and oxygen atoms in total. The molecule has 1 atom stereocenters. The van der Waals surface area contributed by atoms with Crippen LogP contribution in [0.5, 0.6) is 5.75 Å². The first kappa shape index (κ1) is 17.8. The Balaban J connectivity index is 1.57. The number of nitrogens with one attached hydrogen (secondary N) is 1. The maximum Gasteiger partial charge on any atom is 0.255 e. The van der Waals surface area contributed by atoms with Crippen LogP contribution in [0.3, 0.4) is 0 Å². The lowest BCUT2D eigenvalue weighted by molar-refractivity contribution is -0.166. The lowest BCUT2D eigenvalue weighted by Crippen LogP contribution is -2.66. The van der Waals surface area contributed by atoms with Gasteiger partial charge in [-0.15, -0.1) is 0 Å². The highest BCUT2D eigenvalue weighted by Crippen LogP contribution is 2.42. The molecule has 0 spiro atoms. The van der Waals surface area contributed by atoms with Gasteiger partial charge in [-0.3, -0.25) is 9.59 Å². The van der Waals surface area contributed by atoms with E-state index in [2.05, 4.69) is 11.1 Å². The minimum atomic E-state index is -1.01. The molecule has 2 amide bonds. The van der Waals surface area contributed by atoms with Crippen molar-refractivity contribution in [3.63, 3.8) is 0 Å². The van der Waals surface area contributed by atoms with Gasteiger partial charge in [0.05, 0.1) is 12.8 Å². The van der Waals surface area contributed by atoms with Crippen LogP contribution in [0.25, 0.3) is 10.9 Å². The van der Waals surface area contributed by atoms with E-state index >= 15 is 0 Å². The van der Waals surface area contributed by atoms with Gasteiger partial charge in [-0.25, -0.2) is 0 Å². The molecule has 0 aliphatic carbocycles. The van der Waals surface area contributed by atoms with E-state index in [1.54, 1.807) is 16.9 Å². The average Bonchev–Trinajstić information content (AvgIpc) is 3.12. The number of aromatic amines is 1. The van der Waals surface area contributed by atoms with Crippen molar-refractivity contribution >= 4 is 22.7 Å². The Hall–Kier alpha value is -3.28. The predicted molar refractivity (Wildman–Crippen MR) is 109 cm³/mol. The molecular formula is C23H23N3O3. The zero-order valence-corrected chi connectivity index (χ0v) is 16.6. The van der Waals surface area contributed by atoms with E-state index in [1.807, 2.05) is 49.4 Å². The monoisotopic (exact) mass is 389 g/mol. The summed E-state index contributed by atoms with van der Waals surface area (Å²) < 4.78 is 5.29. The number of nitrogens with zero attached hydrogens (tertiary/aromatic N) is 2. The lowest BCUT2D eigenvalue weighted by atomic mass is 9.83. The summed E-state index contributed by atoms with van der Waals surface area (Å²) in [5, 5.41) is 1.13. The first-order chi connectivity index (χ1) is 14.0. The largest absolute Gasteiger partial charge is 0.497 e. The summed E-state index contributed by atoms with van der Waals surface area (Å²) in [6.07, 6.45) is 0.754. The second-order valence-corrected chi connectivity index (χ2v) is 7.90. The number of H-pyrrole nitrogens is 1. The second kappa shape index (κ2) is 6.37.